The third-order valence-corrected chi connectivity index (χ3v) is 3.38. The van der Waals surface area contributed by atoms with Gasteiger partial charge in [-0.05, 0) is 37.3 Å². The Morgan fingerprint density at radius 2 is 1.69 bits per heavy atom. The molecule has 26 heavy (non-hydrogen) atoms. The van der Waals surface area contributed by atoms with Crippen molar-refractivity contribution in [3.63, 3.8) is 0 Å². The quantitative estimate of drug-likeness (QED) is 0.734. The van der Waals surface area contributed by atoms with Crippen LogP contribution < -0.4 is 10.6 Å². The van der Waals surface area contributed by atoms with Gasteiger partial charge in [-0.25, -0.2) is 23.1 Å². The minimum absolute atomic E-state index is 0.0129. The van der Waals surface area contributed by atoms with Crippen molar-refractivity contribution in [2.75, 3.05) is 10.6 Å². The zero-order valence-electron chi connectivity index (χ0n) is 13.6. The van der Waals surface area contributed by atoms with Gasteiger partial charge in [0, 0.05) is 17.4 Å². The number of halogens is 3. The molecule has 1 aromatic heterocycles. The number of nitrogens with one attached hydrogen (secondary N) is 2. The van der Waals surface area contributed by atoms with Crippen molar-refractivity contribution in [2.45, 2.75) is 6.92 Å². The predicted octanol–water partition coefficient (Wildman–Crippen LogP) is 4.20. The van der Waals surface area contributed by atoms with Gasteiger partial charge in [-0.2, -0.15) is 0 Å². The first-order valence-corrected chi connectivity index (χ1v) is 7.56. The summed E-state index contributed by atoms with van der Waals surface area (Å²) >= 11 is 0. The van der Waals surface area contributed by atoms with Gasteiger partial charge in [0.25, 0.3) is 5.91 Å². The second-order valence-corrected chi connectivity index (χ2v) is 5.41. The van der Waals surface area contributed by atoms with E-state index in [1.807, 2.05) is 0 Å². The maximum absolute atomic E-state index is 13.7. The van der Waals surface area contributed by atoms with E-state index in [0.717, 1.165) is 12.1 Å². The lowest BCUT2D eigenvalue weighted by Crippen LogP contribution is -2.16. The van der Waals surface area contributed by atoms with E-state index >= 15 is 0 Å². The van der Waals surface area contributed by atoms with E-state index in [1.165, 1.54) is 30.3 Å². The summed E-state index contributed by atoms with van der Waals surface area (Å²) in [6, 6.07) is 10.4. The van der Waals surface area contributed by atoms with Crippen LogP contribution in [-0.4, -0.2) is 15.9 Å². The molecule has 0 radical (unpaired) electrons. The van der Waals surface area contributed by atoms with Crippen LogP contribution in [0.4, 0.5) is 30.5 Å². The van der Waals surface area contributed by atoms with Crippen LogP contribution in [0.25, 0.3) is 0 Å². The molecule has 0 atom stereocenters. The second-order valence-electron chi connectivity index (χ2n) is 5.41. The van der Waals surface area contributed by atoms with Crippen LogP contribution in [0.15, 0.2) is 48.5 Å². The number of amides is 1. The van der Waals surface area contributed by atoms with Crippen LogP contribution in [0, 0.1) is 24.4 Å². The van der Waals surface area contributed by atoms with Gasteiger partial charge in [0.15, 0.2) is 11.6 Å². The third-order valence-electron chi connectivity index (χ3n) is 3.38. The molecule has 0 saturated carbocycles. The van der Waals surface area contributed by atoms with Gasteiger partial charge < -0.3 is 10.6 Å². The fourth-order valence-corrected chi connectivity index (χ4v) is 2.19. The SMILES string of the molecule is Cc1cc(C(=O)Nc2ccc(F)c(F)c2)nc(Nc2ccccc2F)n1. The Hall–Kier alpha value is -3.42. The van der Waals surface area contributed by atoms with Crippen molar-refractivity contribution < 1.29 is 18.0 Å². The van der Waals surface area contributed by atoms with Crippen LogP contribution in [0.2, 0.25) is 0 Å². The number of aromatic nitrogens is 2. The summed E-state index contributed by atoms with van der Waals surface area (Å²) in [4.78, 5) is 20.5. The van der Waals surface area contributed by atoms with Gasteiger partial charge >= 0.3 is 0 Å². The largest absolute Gasteiger partial charge is 0.322 e. The molecular formula is C18H13F3N4O. The van der Waals surface area contributed by atoms with Crippen LogP contribution >= 0.6 is 0 Å². The molecule has 3 rings (SSSR count). The lowest BCUT2D eigenvalue weighted by molar-refractivity contribution is 0.102. The standard InChI is InChI=1S/C18H13F3N4O/c1-10-8-16(17(26)23-11-6-7-12(19)14(21)9-11)25-18(22-10)24-15-5-3-2-4-13(15)20/h2-9H,1H3,(H,23,26)(H,22,24,25). The van der Waals surface area contributed by atoms with Crippen molar-refractivity contribution >= 4 is 23.2 Å². The summed E-state index contributed by atoms with van der Waals surface area (Å²) in [5.74, 6) is -3.20. The fourth-order valence-electron chi connectivity index (χ4n) is 2.19. The molecule has 2 aromatic carbocycles. The van der Waals surface area contributed by atoms with Gasteiger partial charge in [0.1, 0.15) is 11.5 Å². The summed E-state index contributed by atoms with van der Waals surface area (Å²) < 4.78 is 39.9. The molecule has 0 bridgehead atoms. The summed E-state index contributed by atoms with van der Waals surface area (Å²) in [7, 11) is 0. The van der Waals surface area contributed by atoms with E-state index in [-0.39, 0.29) is 23.0 Å². The van der Waals surface area contributed by atoms with E-state index in [0.29, 0.717) is 5.69 Å². The highest BCUT2D eigenvalue weighted by Gasteiger charge is 2.13. The molecule has 8 heteroatoms. The van der Waals surface area contributed by atoms with Crippen molar-refractivity contribution in [2.24, 2.45) is 0 Å². The fraction of sp³-hybridized carbons (Fsp3) is 0.0556. The highest BCUT2D eigenvalue weighted by Crippen LogP contribution is 2.18. The molecule has 1 amide bonds. The molecule has 0 spiro atoms. The number of carbonyl (C=O) groups is 1. The smallest absolute Gasteiger partial charge is 0.274 e. The zero-order chi connectivity index (χ0) is 18.7. The Balaban J connectivity index is 1.83. The molecule has 0 saturated heterocycles. The first-order chi connectivity index (χ1) is 12.4. The van der Waals surface area contributed by atoms with Gasteiger partial charge in [0.05, 0.1) is 5.69 Å². The summed E-state index contributed by atoms with van der Waals surface area (Å²) in [6.07, 6.45) is 0. The summed E-state index contributed by atoms with van der Waals surface area (Å²) in [6.45, 7) is 1.64. The molecule has 1 heterocycles. The molecule has 2 N–H and O–H groups in total. The lowest BCUT2D eigenvalue weighted by atomic mass is 10.2. The number of hydrogen-bond donors (Lipinski definition) is 2. The predicted molar refractivity (Wildman–Crippen MR) is 90.8 cm³/mol. The second kappa shape index (κ2) is 7.22. The number of benzene rings is 2. The average Bonchev–Trinajstić information content (AvgIpc) is 2.60. The van der Waals surface area contributed by atoms with Gasteiger partial charge in [-0.15, -0.1) is 0 Å². The minimum atomic E-state index is -1.08. The molecule has 0 aliphatic carbocycles. The van der Waals surface area contributed by atoms with E-state index in [2.05, 4.69) is 20.6 Å². The van der Waals surface area contributed by atoms with Crippen molar-refractivity contribution in [1.29, 1.82) is 0 Å². The molecule has 0 aliphatic heterocycles. The first-order valence-electron chi connectivity index (χ1n) is 7.56. The van der Waals surface area contributed by atoms with E-state index < -0.39 is 23.4 Å². The maximum atomic E-state index is 13.7. The van der Waals surface area contributed by atoms with Crippen molar-refractivity contribution in [1.82, 2.24) is 9.97 Å². The number of aryl methyl sites for hydroxylation is 1. The molecule has 0 unspecified atom stereocenters. The first kappa shape index (κ1) is 17.4. The zero-order valence-corrected chi connectivity index (χ0v) is 13.6. The minimum Gasteiger partial charge on any atom is -0.322 e. The van der Waals surface area contributed by atoms with E-state index in [1.54, 1.807) is 13.0 Å². The maximum Gasteiger partial charge on any atom is 0.274 e. The van der Waals surface area contributed by atoms with Gasteiger partial charge in [0.2, 0.25) is 5.95 Å². The Labute approximate surface area is 146 Å². The van der Waals surface area contributed by atoms with Crippen LogP contribution in [0.3, 0.4) is 0 Å². The molecular weight excluding hydrogens is 345 g/mol. The number of carbonyl (C=O) groups excluding carboxylic acids is 1. The molecule has 0 aliphatic rings. The summed E-state index contributed by atoms with van der Waals surface area (Å²) in [5, 5.41) is 5.12. The Morgan fingerprint density at radius 1 is 0.923 bits per heavy atom. The normalized spacial score (nSPS) is 10.5. The average molecular weight is 358 g/mol. The molecule has 3 aromatic rings. The number of anilines is 3. The highest BCUT2D eigenvalue weighted by atomic mass is 19.2. The molecule has 0 fully saturated rings. The van der Waals surface area contributed by atoms with E-state index in [9.17, 15) is 18.0 Å². The third kappa shape index (κ3) is 3.97. The topological polar surface area (TPSA) is 66.9 Å². The van der Waals surface area contributed by atoms with Crippen LogP contribution in [0.1, 0.15) is 16.2 Å². The van der Waals surface area contributed by atoms with Crippen molar-refractivity contribution in [3.8, 4) is 0 Å². The molecule has 5 nitrogen and oxygen atoms in total. The number of nitrogens with zero attached hydrogens (tertiary/aromatic N) is 2. The lowest BCUT2D eigenvalue weighted by Gasteiger charge is -2.09. The number of hydrogen-bond acceptors (Lipinski definition) is 4. The Kier molecular flexibility index (Phi) is 4.83. The van der Waals surface area contributed by atoms with Crippen LogP contribution in [0.5, 0.6) is 0 Å². The highest BCUT2D eigenvalue weighted by molar-refractivity contribution is 6.03. The monoisotopic (exact) mass is 358 g/mol. The Morgan fingerprint density at radius 3 is 2.42 bits per heavy atom. The van der Waals surface area contributed by atoms with Crippen LogP contribution in [-0.2, 0) is 0 Å². The van der Waals surface area contributed by atoms with E-state index in [4.69, 9.17) is 0 Å². The van der Waals surface area contributed by atoms with Gasteiger partial charge in [-0.1, -0.05) is 12.1 Å². The summed E-state index contributed by atoms with van der Waals surface area (Å²) in [5.41, 5.74) is 0.689. The number of rotatable bonds is 4. The van der Waals surface area contributed by atoms with Crippen molar-refractivity contribution in [3.05, 3.63) is 77.4 Å². The molecule has 132 valence electrons. The Bertz CT molecular complexity index is 978. The van der Waals surface area contributed by atoms with Gasteiger partial charge in [-0.3, -0.25) is 4.79 Å². The number of para-hydroxylation sites is 1.